The van der Waals surface area contributed by atoms with Gasteiger partial charge in [-0.15, -0.1) is 5.16 Å². The Kier molecular flexibility index (Phi) is 3.94. The molecule has 0 radical (unpaired) electrons. The van der Waals surface area contributed by atoms with E-state index in [-0.39, 0.29) is 0 Å². The van der Waals surface area contributed by atoms with Crippen molar-refractivity contribution in [2.75, 3.05) is 6.54 Å². The van der Waals surface area contributed by atoms with Gasteiger partial charge in [0.05, 0.1) is 0 Å². The van der Waals surface area contributed by atoms with Gasteiger partial charge in [-0.05, 0) is 24.8 Å². The summed E-state index contributed by atoms with van der Waals surface area (Å²) in [6, 6.07) is 11.1. The standard InChI is InChI=1S/C13H18N2O/c16-15-10-12-8-13(14-9-12)7-6-11-4-2-1-3-5-11/h1-5,10,12-14,16H,6-9H2. The van der Waals surface area contributed by atoms with Gasteiger partial charge in [-0.25, -0.2) is 0 Å². The Labute approximate surface area is 96.2 Å². The zero-order valence-electron chi connectivity index (χ0n) is 9.34. The second-order valence-corrected chi connectivity index (χ2v) is 4.39. The molecule has 0 aromatic heterocycles. The molecule has 86 valence electrons. The molecule has 2 atom stereocenters. The van der Waals surface area contributed by atoms with Crippen LogP contribution >= 0.6 is 0 Å². The van der Waals surface area contributed by atoms with Crippen LogP contribution in [0, 0.1) is 5.92 Å². The number of hydrogen-bond donors (Lipinski definition) is 2. The lowest BCUT2D eigenvalue weighted by atomic mass is 10.0. The van der Waals surface area contributed by atoms with Crippen molar-refractivity contribution in [3.05, 3.63) is 35.9 Å². The van der Waals surface area contributed by atoms with Gasteiger partial charge in [0.15, 0.2) is 0 Å². The summed E-state index contributed by atoms with van der Waals surface area (Å²) < 4.78 is 0. The first-order valence-electron chi connectivity index (χ1n) is 5.83. The van der Waals surface area contributed by atoms with Crippen LogP contribution in [0.5, 0.6) is 0 Å². The lowest BCUT2D eigenvalue weighted by Crippen LogP contribution is -2.21. The lowest BCUT2D eigenvalue weighted by Gasteiger charge is -2.09. The molecule has 2 N–H and O–H groups in total. The molecule has 1 saturated heterocycles. The van der Waals surface area contributed by atoms with Crippen molar-refractivity contribution in [1.82, 2.24) is 5.32 Å². The Morgan fingerprint density at radius 2 is 2.19 bits per heavy atom. The first-order valence-corrected chi connectivity index (χ1v) is 5.83. The van der Waals surface area contributed by atoms with Crippen LogP contribution in [0.4, 0.5) is 0 Å². The largest absolute Gasteiger partial charge is 0.411 e. The number of oxime groups is 1. The Balaban J connectivity index is 1.76. The van der Waals surface area contributed by atoms with Gasteiger partial charge in [-0.2, -0.15) is 0 Å². The van der Waals surface area contributed by atoms with Gasteiger partial charge in [-0.1, -0.05) is 30.3 Å². The maximum absolute atomic E-state index is 8.46. The predicted octanol–water partition coefficient (Wildman–Crippen LogP) is 2.06. The summed E-state index contributed by atoms with van der Waals surface area (Å²) in [5.74, 6) is 0.394. The molecule has 1 aromatic rings. The van der Waals surface area contributed by atoms with Crippen LogP contribution in [0.15, 0.2) is 35.5 Å². The van der Waals surface area contributed by atoms with Crippen LogP contribution in [-0.2, 0) is 6.42 Å². The maximum Gasteiger partial charge on any atom is 0.0480 e. The fraction of sp³-hybridized carbons (Fsp3) is 0.462. The Morgan fingerprint density at radius 1 is 1.38 bits per heavy atom. The van der Waals surface area contributed by atoms with E-state index in [1.54, 1.807) is 6.21 Å². The van der Waals surface area contributed by atoms with E-state index < -0.39 is 0 Å². The van der Waals surface area contributed by atoms with Crippen LogP contribution < -0.4 is 5.32 Å². The van der Waals surface area contributed by atoms with E-state index in [0.29, 0.717) is 12.0 Å². The topological polar surface area (TPSA) is 44.6 Å². The van der Waals surface area contributed by atoms with E-state index in [0.717, 1.165) is 25.8 Å². The number of hydrogen-bond acceptors (Lipinski definition) is 3. The highest BCUT2D eigenvalue weighted by Crippen LogP contribution is 2.16. The van der Waals surface area contributed by atoms with Crippen molar-refractivity contribution in [2.45, 2.75) is 25.3 Å². The minimum Gasteiger partial charge on any atom is -0.411 e. The highest BCUT2D eigenvalue weighted by molar-refractivity contribution is 5.60. The van der Waals surface area contributed by atoms with E-state index in [4.69, 9.17) is 5.21 Å². The Morgan fingerprint density at radius 3 is 2.94 bits per heavy atom. The summed E-state index contributed by atoms with van der Waals surface area (Å²) in [4.78, 5) is 0. The molecule has 16 heavy (non-hydrogen) atoms. The molecule has 2 unspecified atom stereocenters. The lowest BCUT2D eigenvalue weighted by molar-refractivity contribution is 0.318. The van der Waals surface area contributed by atoms with Crippen molar-refractivity contribution in [1.29, 1.82) is 0 Å². The van der Waals surface area contributed by atoms with E-state index in [2.05, 4.69) is 34.7 Å². The molecule has 1 aliphatic heterocycles. The molecule has 0 aliphatic carbocycles. The normalized spacial score (nSPS) is 25.2. The summed E-state index contributed by atoms with van der Waals surface area (Å²) in [7, 11) is 0. The second-order valence-electron chi connectivity index (χ2n) is 4.39. The molecule has 1 fully saturated rings. The van der Waals surface area contributed by atoms with Crippen LogP contribution in [0.3, 0.4) is 0 Å². The summed E-state index contributed by atoms with van der Waals surface area (Å²) in [5.41, 5.74) is 1.39. The molecule has 1 aromatic carbocycles. The smallest absolute Gasteiger partial charge is 0.0480 e. The third-order valence-electron chi connectivity index (χ3n) is 3.16. The van der Waals surface area contributed by atoms with Crippen LogP contribution in [0.2, 0.25) is 0 Å². The Bertz CT molecular complexity index is 337. The summed E-state index contributed by atoms with van der Waals surface area (Å²) in [5, 5.41) is 15.0. The van der Waals surface area contributed by atoms with Gasteiger partial charge in [-0.3, -0.25) is 0 Å². The predicted molar refractivity (Wildman–Crippen MR) is 64.9 cm³/mol. The van der Waals surface area contributed by atoms with E-state index >= 15 is 0 Å². The van der Waals surface area contributed by atoms with Gasteiger partial charge in [0.25, 0.3) is 0 Å². The van der Waals surface area contributed by atoms with E-state index in [1.807, 2.05) is 6.07 Å². The number of benzene rings is 1. The van der Waals surface area contributed by atoms with Crippen molar-refractivity contribution in [3.63, 3.8) is 0 Å². The van der Waals surface area contributed by atoms with E-state index in [1.165, 1.54) is 5.56 Å². The highest BCUT2D eigenvalue weighted by atomic mass is 16.4. The summed E-state index contributed by atoms with van der Waals surface area (Å²) >= 11 is 0. The van der Waals surface area contributed by atoms with Crippen molar-refractivity contribution in [3.8, 4) is 0 Å². The number of rotatable bonds is 4. The van der Waals surface area contributed by atoms with Gasteiger partial charge >= 0.3 is 0 Å². The first kappa shape index (κ1) is 11.1. The zero-order valence-corrected chi connectivity index (χ0v) is 9.34. The minimum atomic E-state index is 0.394. The van der Waals surface area contributed by atoms with Gasteiger partial charge in [0.2, 0.25) is 0 Å². The summed E-state index contributed by atoms with van der Waals surface area (Å²) in [6.07, 6.45) is 4.98. The first-order chi connectivity index (χ1) is 7.88. The van der Waals surface area contributed by atoms with Gasteiger partial charge in [0.1, 0.15) is 0 Å². The van der Waals surface area contributed by atoms with Crippen molar-refractivity contribution >= 4 is 6.21 Å². The maximum atomic E-state index is 8.46. The highest BCUT2D eigenvalue weighted by Gasteiger charge is 2.22. The molecular formula is C13H18N2O. The molecule has 3 heteroatoms. The Hall–Kier alpha value is -1.35. The molecule has 0 saturated carbocycles. The quantitative estimate of drug-likeness (QED) is 0.461. The average molecular weight is 218 g/mol. The molecule has 0 amide bonds. The molecule has 1 aliphatic rings. The van der Waals surface area contributed by atoms with Crippen LogP contribution in [-0.4, -0.2) is 24.0 Å². The molecular weight excluding hydrogens is 200 g/mol. The zero-order chi connectivity index (χ0) is 11.2. The van der Waals surface area contributed by atoms with Crippen LogP contribution in [0.25, 0.3) is 0 Å². The van der Waals surface area contributed by atoms with Gasteiger partial charge in [0, 0.05) is 24.7 Å². The SMILES string of the molecule is ON=CC1CNC(CCc2ccccc2)C1. The fourth-order valence-electron chi connectivity index (χ4n) is 2.26. The molecule has 3 nitrogen and oxygen atoms in total. The third-order valence-corrected chi connectivity index (χ3v) is 3.16. The summed E-state index contributed by atoms with van der Waals surface area (Å²) in [6.45, 7) is 0.934. The third kappa shape index (κ3) is 3.07. The van der Waals surface area contributed by atoms with E-state index in [9.17, 15) is 0 Å². The van der Waals surface area contributed by atoms with Gasteiger partial charge < -0.3 is 10.5 Å². The number of aryl methyl sites for hydroxylation is 1. The number of nitrogens with one attached hydrogen (secondary N) is 1. The molecule has 1 heterocycles. The monoisotopic (exact) mass is 218 g/mol. The van der Waals surface area contributed by atoms with Crippen molar-refractivity contribution in [2.24, 2.45) is 11.1 Å². The fourth-order valence-corrected chi connectivity index (χ4v) is 2.26. The molecule has 0 bridgehead atoms. The second kappa shape index (κ2) is 5.66. The number of nitrogens with zero attached hydrogens (tertiary/aromatic N) is 1. The molecule has 2 rings (SSSR count). The van der Waals surface area contributed by atoms with Crippen LogP contribution in [0.1, 0.15) is 18.4 Å². The molecule has 0 spiro atoms. The average Bonchev–Trinajstić information content (AvgIpc) is 2.76. The van der Waals surface area contributed by atoms with Crippen molar-refractivity contribution < 1.29 is 5.21 Å². The minimum absolute atomic E-state index is 0.394.